The van der Waals surface area contributed by atoms with Crippen LogP contribution in [0.3, 0.4) is 0 Å². The minimum Gasteiger partial charge on any atom is -0.342 e. The van der Waals surface area contributed by atoms with E-state index < -0.39 is 53.6 Å². The van der Waals surface area contributed by atoms with Gasteiger partial charge < -0.3 is 23.7 Å². The first-order valence-electron chi connectivity index (χ1n) is 9.28. The summed E-state index contributed by atoms with van der Waals surface area (Å²) in [5.74, 6) is -0.894. The van der Waals surface area contributed by atoms with Crippen LogP contribution in [0.15, 0.2) is 0 Å². The van der Waals surface area contributed by atoms with Crippen LogP contribution in [0, 0.1) is 10.1 Å². The molecule has 2 unspecified atom stereocenters. The summed E-state index contributed by atoms with van der Waals surface area (Å²) in [4.78, 5) is 11.3. The van der Waals surface area contributed by atoms with Crippen molar-refractivity contribution in [2.75, 3.05) is 5.75 Å². The average molecular weight is 454 g/mol. The fourth-order valence-corrected chi connectivity index (χ4v) is 6.48. The van der Waals surface area contributed by atoms with Gasteiger partial charge in [-0.2, -0.15) is 0 Å². The molecule has 0 aromatic carbocycles. The van der Waals surface area contributed by atoms with Gasteiger partial charge in [0.2, 0.25) is 6.04 Å². The van der Waals surface area contributed by atoms with Gasteiger partial charge in [0, 0.05) is 11.8 Å². The minimum absolute atomic E-state index is 0.307. The third-order valence-corrected chi connectivity index (χ3v) is 7.75. The molecule has 11 heteroatoms. The largest absolute Gasteiger partial charge is 0.342 e. The second-order valence-electron chi connectivity index (χ2n) is 7.93. The van der Waals surface area contributed by atoms with Crippen molar-refractivity contribution >= 4 is 39.3 Å². The highest BCUT2D eigenvalue weighted by molar-refractivity contribution is 8.47. The number of hydrogen-bond acceptors (Lipinski definition) is 10. The molecule has 3 rings (SSSR count). The maximum Gasteiger partial charge on any atom is 0.225 e. The zero-order chi connectivity index (χ0) is 20.9. The molecule has 3 fully saturated rings. The molecule has 0 aromatic rings. The molecule has 160 valence electrons. The van der Waals surface area contributed by atoms with Crippen LogP contribution < -0.4 is 0 Å². The summed E-state index contributed by atoms with van der Waals surface area (Å²) in [7, 11) is 0. The highest BCUT2D eigenvalue weighted by atomic mass is 32.2. The van der Waals surface area contributed by atoms with Gasteiger partial charge in [-0.15, -0.1) is 11.8 Å². The van der Waals surface area contributed by atoms with Crippen LogP contribution in [-0.2, 0) is 23.7 Å². The fourth-order valence-electron chi connectivity index (χ4n) is 3.73. The van der Waals surface area contributed by atoms with Gasteiger partial charge in [-0.1, -0.05) is 30.9 Å². The van der Waals surface area contributed by atoms with Crippen LogP contribution in [-0.4, -0.2) is 67.8 Å². The molecule has 3 aliphatic rings. The summed E-state index contributed by atoms with van der Waals surface area (Å²) in [6.45, 7) is 10.8. The Kier molecular flexibility index (Phi) is 6.69. The topological polar surface area (TPSA) is 89.3 Å². The Hall–Kier alpha value is -0.0100. The van der Waals surface area contributed by atoms with E-state index in [0.717, 1.165) is 5.75 Å². The van der Waals surface area contributed by atoms with Gasteiger partial charge in [0.05, 0.1) is 0 Å². The summed E-state index contributed by atoms with van der Waals surface area (Å²) in [6.07, 6.45) is -2.76. The highest BCUT2D eigenvalue weighted by Crippen LogP contribution is 2.47. The van der Waals surface area contributed by atoms with Gasteiger partial charge in [0.15, 0.2) is 17.9 Å². The number of nitro groups is 1. The van der Waals surface area contributed by atoms with Crippen LogP contribution in [0.1, 0.15) is 41.5 Å². The summed E-state index contributed by atoms with van der Waals surface area (Å²) in [5, 5.41) is 11.1. The molecule has 0 aliphatic carbocycles. The van der Waals surface area contributed by atoms with Crippen molar-refractivity contribution in [2.24, 2.45) is 0 Å². The zero-order valence-corrected chi connectivity index (χ0v) is 19.2. The predicted octanol–water partition coefficient (Wildman–Crippen LogP) is 3.19. The maximum atomic E-state index is 11.6. The molecular weight excluding hydrogens is 426 g/mol. The molecule has 0 amide bonds. The molecule has 0 spiro atoms. The first-order chi connectivity index (χ1) is 12.9. The SMILES string of the molecule is CCSC(=S)SC(C(C)[N+](=O)[O-])[C@H]1O[C@@H]2OC(C)(C)O[C@@H]2[C@H]2OC(C)(C)O[C@H]21. The molecule has 0 aromatic heterocycles. The predicted molar refractivity (Wildman–Crippen MR) is 111 cm³/mol. The molecular formula is C17H27NO7S3. The van der Waals surface area contributed by atoms with E-state index in [-0.39, 0.29) is 4.92 Å². The van der Waals surface area contributed by atoms with Crippen molar-refractivity contribution in [2.45, 2.75) is 95.1 Å². The molecule has 3 heterocycles. The van der Waals surface area contributed by atoms with Gasteiger partial charge in [0.25, 0.3) is 0 Å². The van der Waals surface area contributed by atoms with Gasteiger partial charge in [-0.25, -0.2) is 0 Å². The lowest BCUT2D eigenvalue weighted by atomic mass is 9.94. The number of thioether (sulfide) groups is 2. The minimum atomic E-state index is -0.898. The smallest absolute Gasteiger partial charge is 0.225 e. The van der Waals surface area contributed by atoms with E-state index in [1.165, 1.54) is 23.5 Å². The number of hydrogen-bond donors (Lipinski definition) is 0. The normalized spacial score (nSPS) is 37.7. The van der Waals surface area contributed by atoms with E-state index >= 15 is 0 Å². The standard InChI is InChI=1S/C17H27NO7S3/c1-7-27-15(26)28-13(8(2)18(19)20)11-9-10(23-16(3,4)22-9)12-14(21-11)25-17(5,6)24-12/h8-14H,7H2,1-6H3/t8?,9-,10+,11+,12-,13?,14-/m1/s1. The molecule has 3 aliphatic heterocycles. The molecule has 3 saturated heterocycles. The molecule has 0 saturated carbocycles. The lowest BCUT2D eigenvalue weighted by molar-refractivity contribution is -0.520. The van der Waals surface area contributed by atoms with Crippen molar-refractivity contribution in [3.63, 3.8) is 0 Å². The van der Waals surface area contributed by atoms with Crippen molar-refractivity contribution in [1.29, 1.82) is 0 Å². The average Bonchev–Trinajstić information content (AvgIpc) is 3.05. The number of rotatable bonds is 5. The van der Waals surface area contributed by atoms with Crippen molar-refractivity contribution in [3.05, 3.63) is 10.1 Å². The Morgan fingerprint density at radius 1 is 1.11 bits per heavy atom. The fraction of sp³-hybridized carbons (Fsp3) is 0.941. The maximum absolute atomic E-state index is 11.6. The Labute approximate surface area is 178 Å². The summed E-state index contributed by atoms with van der Waals surface area (Å²) in [5.41, 5.74) is 0. The number of fused-ring (bicyclic) bond motifs is 3. The molecule has 0 N–H and O–H groups in total. The van der Waals surface area contributed by atoms with E-state index in [4.69, 9.17) is 35.9 Å². The van der Waals surface area contributed by atoms with Crippen molar-refractivity contribution < 1.29 is 28.6 Å². The Morgan fingerprint density at radius 2 is 1.68 bits per heavy atom. The van der Waals surface area contributed by atoms with Gasteiger partial charge in [-0.3, -0.25) is 10.1 Å². The highest BCUT2D eigenvalue weighted by Gasteiger charge is 2.63. The molecule has 7 atom stereocenters. The van der Waals surface area contributed by atoms with Crippen LogP contribution in [0.5, 0.6) is 0 Å². The zero-order valence-electron chi connectivity index (χ0n) is 16.8. The molecule has 8 nitrogen and oxygen atoms in total. The van der Waals surface area contributed by atoms with E-state index in [0.29, 0.717) is 3.53 Å². The molecule has 28 heavy (non-hydrogen) atoms. The lowest BCUT2D eigenvalue weighted by Gasteiger charge is -2.40. The second-order valence-corrected chi connectivity index (χ2v) is 11.6. The first-order valence-corrected chi connectivity index (χ1v) is 11.5. The van der Waals surface area contributed by atoms with Crippen LogP contribution in [0.25, 0.3) is 0 Å². The summed E-state index contributed by atoms with van der Waals surface area (Å²) >= 11 is 8.20. The first kappa shape index (κ1) is 22.7. The number of ether oxygens (including phenoxy) is 5. The lowest BCUT2D eigenvalue weighted by Crippen LogP contribution is -2.60. The molecule has 0 bridgehead atoms. The summed E-state index contributed by atoms with van der Waals surface area (Å²) < 4.78 is 31.0. The third-order valence-electron chi connectivity index (χ3n) is 4.82. The Morgan fingerprint density at radius 3 is 2.29 bits per heavy atom. The number of thiocarbonyl (C=S) groups is 1. The van der Waals surface area contributed by atoms with Crippen molar-refractivity contribution in [3.8, 4) is 0 Å². The van der Waals surface area contributed by atoms with Crippen LogP contribution in [0.4, 0.5) is 0 Å². The molecule has 0 radical (unpaired) electrons. The summed E-state index contributed by atoms with van der Waals surface area (Å²) in [6, 6.07) is -0.898. The quantitative estimate of drug-likeness (QED) is 0.351. The number of nitrogens with zero attached hydrogens (tertiary/aromatic N) is 1. The van der Waals surface area contributed by atoms with E-state index in [2.05, 4.69) is 0 Å². The van der Waals surface area contributed by atoms with Crippen LogP contribution >= 0.6 is 35.7 Å². The van der Waals surface area contributed by atoms with Gasteiger partial charge in [-0.05, 0) is 33.4 Å². The van der Waals surface area contributed by atoms with E-state index in [1.54, 1.807) is 20.8 Å². The van der Waals surface area contributed by atoms with E-state index in [9.17, 15) is 10.1 Å². The van der Waals surface area contributed by atoms with Gasteiger partial charge in [0.1, 0.15) is 33.2 Å². The Bertz CT molecular complexity index is 632. The van der Waals surface area contributed by atoms with Crippen LogP contribution in [0.2, 0.25) is 0 Å². The third kappa shape index (κ3) is 4.66. The van der Waals surface area contributed by atoms with Gasteiger partial charge >= 0.3 is 0 Å². The van der Waals surface area contributed by atoms with E-state index in [1.807, 2.05) is 20.8 Å². The second kappa shape index (κ2) is 8.26. The Balaban J connectivity index is 1.92. The monoisotopic (exact) mass is 453 g/mol. The van der Waals surface area contributed by atoms with Crippen molar-refractivity contribution in [1.82, 2.24) is 0 Å².